The number of carbonyl (C=O) groups is 1. The second-order valence-electron chi connectivity index (χ2n) is 5.89. The summed E-state index contributed by atoms with van der Waals surface area (Å²) in [6.07, 6.45) is 1.87. The predicted molar refractivity (Wildman–Crippen MR) is 77.6 cm³/mol. The average Bonchev–Trinajstić information content (AvgIpc) is 2.51. The van der Waals surface area contributed by atoms with Gasteiger partial charge in [0.15, 0.2) is 11.6 Å². The third kappa shape index (κ3) is 2.68. The Kier molecular flexibility index (Phi) is 4.06. The van der Waals surface area contributed by atoms with E-state index in [4.69, 9.17) is 14.2 Å². The summed E-state index contributed by atoms with van der Waals surface area (Å²) in [4.78, 5) is 14.1. The van der Waals surface area contributed by atoms with Gasteiger partial charge in [-0.25, -0.2) is 4.39 Å². The maximum atomic E-state index is 13.7. The molecule has 6 heteroatoms. The summed E-state index contributed by atoms with van der Waals surface area (Å²) in [5.74, 6) is -0.581. The van der Waals surface area contributed by atoms with Crippen molar-refractivity contribution in [2.24, 2.45) is 0 Å². The van der Waals surface area contributed by atoms with Crippen LogP contribution in [0.3, 0.4) is 0 Å². The van der Waals surface area contributed by atoms with Gasteiger partial charge in [-0.2, -0.15) is 0 Å². The van der Waals surface area contributed by atoms with E-state index in [1.807, 2.05) is 0 Å². The Morgan fingerprint density at radius 1 is 1.41 bits per heavy atom. The first kappa shape index (κ1) is 15.2. The van der Waals surface area contributed by atoms with E-state index in [1.165, 1.54) is 19.2 Å². The van der Waals surface area contributed by atoms with Gasteiger partial charge in [-0.1, -0.05) is 0 Å². The third-order valence-electron chi connectivity index (χ3n) is 4.43. The molecule has 120 valence electrons. The fourth-order valence-electron chi connectivity index (χ4n) is 3.18. The summed E-state index contributed by atoms with van der Waals surface area (Å²) in [5, 5.41) is 0. The van der Waals surface area contributed by atoms with Crippen molar-refractivity contribution >= 4 is 5.91 Å². The van der Waals surface area contributed by atoms with Gasteiger partial charge < -0.3 is 19.1 Å². The lowest BCUT2D eigenvalue weighted by atomic mass is 9.84. The van der Waals surface area contributed by atoms with E-state index in [-0.39, 0.29) is 23.4 Å². The van der Waals surface area contributed by atoms with E-state index >= 15 is 0 Å². The van der Waals surface area contributed by atoms with E-state index in [1.54, 1.807) is 18.1 Å². The predicted octanol–water partition coefficient (Wildman–Crippen LogP) is 1.85. The maximum absolute atomic E-state index is 13.7. The lowest BCUT2D eigenvalue weighted by Crippen LogP contribution is -2.67. The largest absolute Gasteiger partial charge is 0.494 e. The number of carbonyl (C=O) groups excluding carboxylic acids is 1. The molecule has 1 aromatic carbocycles. The molecule has 1 atom stereocenters. The van der Waals surface area contributed by atoms with Gasteiger partial charge in [-0.3, -0.25) is 4.79 Å². The van der Waals surface area contributed by atoms with Crippen LogP contribution in [0.15, 0.2) is 18.2 Å². The normalized spacial score (nSPS) is 23.2. The number of amides is 1. The van der Waals surface area contributed by atoms with Gasteiger partial charge in [0.25, 0.3) is 5.91 Å². The smallest absolute Gasteiger partial charge is 0.254 e. The van der Waals surface area contributed by atoms with Crippen LogP contribution in [0.1, 0.15) is 23.2 Å². The molecule has 1 spiro atoms. The maximum Gasteiger partial charge on any atom is 0.254 e. The zero-order chi connectivity index (χ0) is 15.7. The number of ether oxygens (including phenoxy) is 3. The first-order valence-corrected chi connectivity index (χ1v) is 7.36. The molecule has 5 nitrogen and oxygen atoms in total. The fourth-order valence-corrected chi connectivity index (χ4v) is 3.18. The Labute approximate surface area is 128 Å². The van der Waals surface area contributed by atoms with Crippen molar-refractivity contribution in [2.45, 2.75) is 24.5 Å². The number of hydrogen-bond donors (Lipinski definition) is 0. The molecule has 2 aliphatic heterocycles. The Bertz CT molecular complexity index is 571. The number of benzene rings is 1. The number of rotatable bonds is 3. The lowest BCUT2D eigenvalue weighted by Gasteiger charge is -2.52. The van der Waals surface area contributed by atoms with E-state index in [2.05, 4.69) is 0 Å². The highest BCUT2D eigenvalue weighted by atomic mass is 19.1. The van der Waals surface area contributed by atoms with Crippen molar-refractivity contribution in [3.8, 4) is 5.75 Å². The van der Waals surface area contributed by atoms with Crippen LogP contribution in [0.2, 0.25) is 0 Å². The van der Waals surface area contributed by atoms with E-state index < -0.39 is 5.82 Å². The SMILES string of the molecule is COc1ccc(C(=O)N2CC3(C[C@@H](OC)CCO3)C2)cc1F. The van der Waals surface area contributed by atoms with Crippen LogP contribution in [0.5, 0.6) is 5.75 Å². The number of likely N-dealkylation sites (tertiary alicyclic amines) is 1. The van der Waals surface area contributed by atoms with Crippen LogP contribution in [0.25, 0.3) is 0 Å². The van der Waals surface area contributed by atoms with Crippen molar-refractivity contribution in [1.82, 2.24) is 4.90 Å². The molecule has 0 radical (unpaired) electrons. The topological polar surface area (TPSA) is 48.0 Å². The molecule has 0 aliphatic carbocycles. The van der Waals surface area contributed by atoms with E-state index in [9.17, 15) is 9.18 Å². The Morgan fingerprint density at radius 3 is 2.82 bits per heavy atom. The fraction of sp³-hybridized carbons (Fsp3) is 0.562. The number of methoxy groups -OCH3 is 2. The molecule has 0 unspecified atom stereocenters. The molecule has 1 amide bonds. The summed E-state index contributed by atoms with van der Waals surface area (Å²) in [5.41, 5.74) is 0.0341. The Hall–Kier alpha value is -1.66. The van der Waals surface area contributed by atoms with E-state index in [0.29, 0.717) is 25.3 Å². The molecule has 2 saturated heterocycles. The molecule has 2 fully saturated rings. The van der Waals surface area contributed by atoms with Crippen molar-refractivity contribution in [2.75, 3.05) is 33.9 Å². The van der Waals surface area contributed by atoms with E-state index in [0.717, 1.165) is 12.8 Å². The van der Waals surface area contributed by atoms with Gasteiger partial charge in [0.05, 0.1) is 26.3 Å². The van der Waals surface area contributed by atoms with Gasteiger partial charge >= 0.3 is 0 Å². The van der Waals surface area contributed by atoms with Crippen molar-refractivity contribution in [3.05, 3.63) is 29.6 Å². The molecule has 2 aliphatic rings. The van der Waals surface area contributed by atoms with Crippen LogP contribution < -0.4 is 4.74 Å². The first-order valence-electron chi connectivity index (χ1n) is 7.36. The molecule has 0 bridgehead atoms. The average molecular weight is 309 g/mol. The van der Waals surface area contributed by atoms with Crippen LogP contribution in [-0.2, 0) is 9.47 Å². The zero-order valence-electron chi connectivity index (χ0n) is 12.8. The number of hydrogen-bond acceptors (Lipinski definition) is 4. The molecular formula is C16H20FNO4. The summed E-state index contributed by atoms with van der Waals surface area (Å²) in [7, 11) is 3.09. The molecule has 0 saturated carbocycles. The van der Waals surface area contributed by atoms with Crippen LogP contribution in [0, 0.1) is 5.82 Å². The van der Waals surface area contributed by atoms with Crippen molar-refractivity contribution < 1.29 is 23.4 Å². The Balaban J connectivity index is 1.65. The molecule has 2 heterocycles. The van der Waals surface area contributed by atoms with Gasteiger partial charge in [-0.15, -0.1) is 0 Å². The van der Waals surface area contributed by atoms with Gasteiger partial charge in [0, 0.05) is 25.7 Å². The van der Waals surface area contributed by atoms with Gasteiger partial charge in [0.1, 0.15) is 5.60 Å². The summed E-state index contributed by atoms with van der Waals surface area (Å²) in [6, 6.07) is 4.26. The van der Waals surface area contributed by atoms with Crippen LogP contribution >= 0.6 is 0 Å². The molecule has 22 heavy (non-hydrogen) atoms. The van der Waals surface area contributed by atoms with Crippen molar-refractivity contribution in [3.63, 3.8) is 0 Å². The molecular weight excluding hydrogens is 289 g/mol. The molecule has 1 aromatic rings. The summed E-state index contributed by atoms with van der Waals surface area (Å²) in [6.45, 7) is 1.70. The highest BCUT2D eigenvalue weighted by Crippen LogP contribution is 2.36. The molecule has 0 aromatic heterocycles. The standard InChI is InChI=1S/C16H20FNO4/c1-20-12-5-6-22-16(8-12)9-18(10-16)15(19)11-3-4-14(21-2)13(17)7-11/h3-4,7,12H,5-6,8-10H2,1-2H3/t12-/m0/s1. The minimum absolute atomic E-state index is 0.134. The Morgan fingerprint density at radius 2 is 2.18 bits per heavy atom. The lowest BCUT2D eigenvalue weighted by molar-refractivity contribution is -0.181. The van der Waals surface area contributed by atoms with Gasteiger partial charge in [0.2, 0.25) is 0 Å². The van der Waals surface area contributed by atoms with Crippen LogP contribution in [-0.4, -0.2) is 56.4 Å². The monoisotopic (exact) mass is 309 g/mol. The number of halogens is 1. The third-order valence-corrected chi connectivity index (χ3v) is 4.43. The highest BCUT2D eigenvalue weighted by Gasteiger charge is 2.49. The molecule has 3 rings (SSSR count). The summed E-state index contributed by atoms with van der Waals surface area (Å²) >= 11 is 0. The minimum atomic E-state index is -0.531. The van der Waals surface area contributed by atoms with Crippen molar-refractivity contribution in [1.29, 1.82) is 0 Å². The highest BCUT2D eigenvalue weighted by molar-refractivity contribution is 5.95. The second kappa shape index (κ2) is 5.85. The summed E-state index contributed by atoms with van der Waals surface area (Å²) < 4.78 is 29.8. The molecule has 0 N–H and O–H groups in total. The first-order chi connectivity index (χ1) is 10.6. The van der Waals surface area contributed by atoms with Crippen LogP contribution in [0.4, 0.5) is 4.39 Å². The number of nitrogens with zero attached hydrogens (tertiary/aromatic N) is 1. The quantitative estimate of drug-likeness (QED) is 0.855. The second-order valence-corrected chi connectivity index (χ2v) is 5.89. The zero-order valence-corrected chi connectivity index (χ0v) is 12.8. The minimum Gasteiger partial charge on any atom is -0.494 e. The van der Waals surface area contributed by atoms with Gasteiger partial charge in [-0.05, 0) is 24.6 Å².